The van der Waals surface area contributed by atoms with Gasteiger partial charge in [-0.25, -0.2) is 4.79 Å². The highest BCUT2D eigenvalue weighted by Gasteiger charge is 2.16. The number of hydrogen-bond donors (Lipinski definition) is 2. The number of anilines is 1. The molecule has 0 unspecified atom stereocenters. The number of rotatable bonds is 5. The maximum absolute atomic E-state index is 11.5. The molecule has 3 N–H and O–H groups in total. The van der Waals surface area contributed by atoms with E-state index in [0.717, 1.165) is 0 Å². The van der Waals surface area contributed by atoms with Gasteiger partial charge in [0.2, 0.25) is 0 Å². The van der Waals surface area contributed by atoms with Crippen LogP contribution in [0.1, 0.15) is 30.6 Å². The number of carbonyl (C=O) groups is 1. The van der Waals surface area contributed by atoms with Crippen LogP contribution in [-0.4, -0.2) is 30.4 Å². The number of nitrogen functional groups attached to an aromatic ring is 1. The lowest BCUT2D eigenvalue weighted by Gasteiger charge is -2.18. The molecule has 0 saturated heterocycles. The lowest BCUT2D eigenvalue weighted by molar-refractivity contribution is 0.0539. The fraction of sp³-hybridized carbons (Fsp3) is 0.462. The number of benzene rings is 1. The molecule has 18 heavy (non-hydrogen) atoms. The third kappa shape index (κ3) is 4.25. The molecule has 5 heteroatoms. The molecule has 0 fully saturated rings. The van der Waals surface area contributed by atoms with Gasteiger partial charge in [-0.15, -0.1) is 0 Å². The lowest BCUT2D eigenvalue weighted by Crippen LogP contribution is -2.22. The lowest BCUT2D eigenvalue weighted by atomic mass is 10.1. The number of esters is 1. The summed E-state index contributed by atoms with van der Waals surface area (Å²) in [6.07, 6.45) is 0.447. The number of ether oxygens (including phenoxy) is 2. The van der Waals surface area contributed by atoms with Crippen molar-refractivity contribution in [1.82, 2.24) is 0 Å². The van der Waals surface area contributed by atoms with E-state index in [9.17, 15) is 9.90 Å². The molecule has 0 amide bonds. The summed E-state index contributed by atoms with van der Waals surface area (Å²) in [6.45, 7) is 3.67. The SMILES string of the molecule is COC(=O)c1ccc(N)cc1OCCC(C)(C)O. The van der Waals surface area contributed by atoms with Crippen molar-refractivity contribution in [3.05, 3.63) is 23.8 Å². The van der Waals surface area contributed by atoms with Crippen LogP contribution in [0.2, 0.25) is 0 Å². The van der Waals surface area contributed by atoms with E-state index in [1.54, 1.807) is 32.0 Å². The number of aliphatic hydroxyl groups is 1. The average molecular weight is 253 g/mol. The normalized spacial score (nSPS) is 11.1. The van der Waals surface area contributed by atoms with Gasteiger partial charge in [0.25, 0.3) is 0 Å². The molecular formula is C13H19NO4. The van der Waals surface area contributed by atoms with E-state index < -0.39 is 11.6 Å². The Labute approximate surface area is 107 Å². The molecule has 0 bridgehead atoms. The summed E-state index contributed by atoms with van der Waals surface area (Å²) in [5.74, 6) is -0.112. The van der Waals surface area contributed by atoms with Crippen molar-refractivity contribution in [1.29, 1.82) is 0 Å². The first-order valence-electron chi connectivity index (χ1n) is 5.66. The Morgan fingerprint density at radius 2 is 2.11 bits per heavy atom. The van der Waals surface area contributed by atoms with Gasteiger partial charge in [-0.2, -0.15) is 0 Å². The monoisotopic (exact) mass is 253 g/mol. The minimum atomic E-state index is -0.814. The summed E-state index contributed by atoms with van der Waals surface area (Å²) < 4.78 is 10.1. The molecule has 0 saturated carbocycles. The molecule has 0 radical (unpaired) electrons. The van der Waals surface area contributed by atoms with Crippen molar-refractivity contribution in [2.24, 2.45) is 0 Å². The Bertz CT molecular complexity index is 423. The van der Waals surface area contributed by atoms with E-state index in [1.807, 2.05) is 0 Å². The standard InChI is InChI=1S/C13H19NO4/c1-13(2,16)6-7-18-11-8-9(14)4-5-10(11)12(15)17-3/h4-5,8,16H,6-7,14H2,1-3H3. The van der Waals surface area contributed by atoms with E-state index in [1.165, 1.54) is 7.11 Å². The van der Waals surface area contributed by atoms with Crippen LogP contribution in [0.3, 0.4) is 0 Å². The summed E-state index contributed by atoms with van der Waals surface area (Å²) in [4.78, 5) is 11.5. The van der Waals surface area contributed by atoms with Gasteiger partial charge in [-0.3, -0.25) is 0 Å². The molecule has 0 spiro atoms. The van der Waals surface area contributed by atoms with Crippen LogP contribution in [0.5, 0.6) is 5.75 Å². The van der Waals surface area contributed by atoms with E-state index in [4.69, 9.17) is 10.5 Å². The molecule has 0 aromatic heterocycles. The molecule has 0 aliphatic carbocycles. The van der Waals surface area contributed by atoms with Gasteiger partial charge in [-0.05, 0) is 26.0 Å². The fourth-order valence-corrected chi connectivity index (χ4v) is 1.35. The molecular weight excluding hydrogens is 234 g/mol. The van der Waals surface area contributed by atoms with Crippen LogP contribution in [0.25, 0.3) is 0 Å². The molecule has 1 aromatic rings. The Morgan fingerprint density at radius 3 is 2.67 bits per heavy atom. The molecule has 1 aromatic carbocycles. The van der Waals surface area contributed by atoms with Gasteiger partial charge in [0.05, 0.1) is 19.3 Å². The van der Waals surface area contributed by atoms with Crippen molar-refractivity contribution in [3.63, 3.8) is 0 Å². The number of nitrogens with two attached hydrogens (primary N) is 1. The highest BCUT2D eigenvalue weighted by atomic mass is 16.5. The zero-order valence-electron chi connectivity index (χ0n) is 10.9. The minimum Gasteiger partial charge on any atom is -0.492 e. The Kier molecular flexibility index (Phi) is 4.55. The Balaban J connectivity index is 2.80. The number of methoxy groups -OCH3 is 1. The summed E-state index contributed by atoms with van der Waals surface area (Å²) in [5.41, 5.74) is 5.65. The molecule has 0 aliphatic heterocycles. The number of hydrogen-bond acceptors (Lipinski definition) is 5. The molecule has 0 atom stereocenters. The largest absolute Gasteiger partial charge is 0.492 e. The van der Waals surface area contributed by atoms with Gasteiger partial charge in [0, 0.05) is 18.2 Å². The quantitative estimate of drug-likeness (QED) is 0.615. The van der Waals surface area contributed by atoms with Crippen molar-refractivity contribution >= 4 is 11.7 Å². The molecule has 1 rings (SSSR count). The zero-order valence-corrected chi connectivity index (χ0v) is 10.9. The zero-order chi connectivity index (χ0) is 13.8. The molecule has 5 nitrogen and oxygen atoms in total. The van der Waals surface area contributed by atoms with Gasteiger partial charge in [-0.1, -0.05) is 0 Å². The van der Waals surface area contributed by atoms with Crippen molar-refractivity contribution in [2.45, 2.75) is 25.9 Å². The second-order valence-corrected chi connectivity index (χ2v) is 4.66. The third-order valence-electron chi connectivity index (χ3n) is 2.38. The predicted octanol–water partition coefficient (Wildman–Crippen LogP) is 1.60. The highest BCUT2D eigenvalue weighted by Crippen LogP contribution is 2.23. The average Bonchev–Trinajstić information content (AvgIpc) is 2.26. The highest BCUT2D eigenvalue weighted by molar-refractivity contribution is 5.93. The van der Waals surface area contributed by atoms with Crippen LogP contribution in [0.4, 0.5) is 5.69 Å². The Hall–Kier alpha value is -1.75. The molecule has 0 heterocycles. The van der Waals surface area contributed by atoms with E-state index >= 15 is 0 Å². The van der Waals surface area contributed by atoms with Crippen LogP contribution >= 0.6 is 0 Å². The summed E-state index contributed by atoms with van der Waals surface area (Å²) in [7, 11) is 1.30. The molecule has 100 valence electrons. The van der Waals surface area contributed by atoms with Crippen LogP contribution in [0.15, 0.2) is 18.2 Å². The second-order valence-electron chi connectivity index (χ2n) is 4.66. The second kappa shape index (κ2) is 5.73. The maximum Gasteiger partial charge on any atom is 0.341 e. The van der Waals surface area contributed by atoms with Crippen molar-refractivity contribution in [3.8, 4) is 5.75 Å². The first-order chi connectivity index (χ1) is 8.33. The third-order valence-corrected chi connectivity index (χ3v) is 2.38. The van der Waals surface area contributed by atoms with Crippen molar-refractivity contribution < 1.29 is 19.4 Å². The van der Waals surface area contributed by atoms with E-state index in [0.29, 0.717) is 23.4 Å². The van der Waals surface area contributed by atoms with Gasteiger partial charge in [0.1, 0.15) is 11.3 Å². The van der Waals surface area contributed by atoms with E-state index in [-0.39, 0.29) is 6.61 Å². The van der Waals surface area contributed by atoms with Gasteiger partial charge >= 0.3 is 5.97 Å². The van der Waals surface area contributed by atoms with Crippen LogP contribution in [-0.2, 0) is 4.74 Å². The topological polar surface area (TPSA) is 81.8 Å². The predicted molar refractivity (Wildman–Crippen MR) is 68.6 cm³/mol. The summed E-state index contributed by atoms with van der Waals surface area (Å²) in [6, 6.07) is 4.73. The van der Waals surface area contributed by atoms with E-state index in [2.05, 4.69) is 4.74 Å². The smallest absolute Gasteiger partial charge is 0.341 e. The van der Waals surface area contributed by atoms with Crippen LogP contribution < -0.4 is 10.5 Å². The molecule has 0 aliphatic rings. The first-order valence-corrected chi connectivity index (χ1v) is 5.66. The van der Waals surface area contributed by atoms with Gasteiger partial charge in [0.15, 0.2) is 0 Å². The number of carbonyl (C=O) groups excluding carboxylic acids is 1. The van der Waals surface area contributed by atoms with Gasteiger partial charge < -0.3 is 20.3 Å². The van der Waals surface area contributed by atoms with Crippen LogP contribution in [0, 0.1) is 0 Å². The fourth-order valence-electron chi connectivity index (χ4n) is 1.35. The Morgan fingerprint density at radius 1 is 1.44 bits per heavy atom. The summed E-state index contributed by atoms with van der Waals surface area (Å²) >= 11 is 0. The minimum absolute atomic E-state index is 0.289. The first kappa shape index (κ1) is 14.3. The summed E-state index contributed by atoms with van der Waals surface area (Å²) in [5, 5.41) is 9.58. The maximum atomic E-state index is 11.5. The van der Waals surface area contributed by atoms with Crippen molar-refractivity contribution in [2.75, 3.05) is 19.5 Å².